The minimum atomic E-state index is 0.0803. The number of nitrogens with one attached hydrogen (secondary N) is 2. The Bertz CT molecular complexity index is 426. The number of rotatable bonds is 3. The lowest BCUT2D eigenvalue weighted by Crippen LogP contribution is -2.52. The van der Waals surface area contributed by atoms with Gasteiger partial charge in [-0.2, -0.15) is 5.10 Å². The molecule has 1 amide bonds. The van der Waals surface area contributed by atoms with Crippen molar-refractivity contribution >= 4 is 5.91 Å². The minimum absolute atomic E-state index is 0.0803. The van der Waals surface area contributed by atoms with Gasteiger partial charge >= 0.3 is 0 Å². The van der Waals surface area contributed by atoms with E-state index in [9.17, 15) is 4.79 Å². The molecule has 2 N–H and O–H groups in total. The van der Waals surface area contributed by atoms with E-state index in [0.29, 0.717) is 0 Å². The summed E-state index contributed by atoms with van der Waals surface area (Å²) in [7, 11) is 1.69. The zero-order valence-corrected chi connectivity index (χ0v) is 11.6. The Balaban J connectivity index is 1.93. The third-order valence-electron chi connectivity index (χ3n) is 3.44. The standard InChI is InChI=1S/C13H22N4O/c1-13(2,3)11-9(5-15-16-11)6-17-7-10(8-17)12(18)14-4/h5,10H,6-8H2,1-4H3,(H,14,18)(H,15,16). The van der Waals surface area contributed by atoms with Crippen molar-refractivity contribution in [1.82, 2.24) is 20.4 Å². The van der Waals surface area contributed by atoms with Gasteiger partial charge in [0.1, 0.15) is 0 Å². The number of likely N-dealkylation sites (tertiary alicyclic amines) is 1. The second-order valence-electron chi connectivity index (χ2n) is 6.03. The van der Waals surface area contributed by atoms with Gasteiger partial charge in [-0.05, 0) is 0 Å². The molecular weight excluding hydrogens is 228 g/mol. The molecule has 0 bridgehead atoms. The van der Waals surface area contributed by atoms with Crippen LogP contribution in [0.4, 0.5) is 0 Å². The van der Waals surface area contributed by atoms with Crippen LogP contribution in [0, 0.1) is 5.92 Å². The Kier molecular flexibility index (Phi) is 3.43. The van der Waals surface area contributed by atoms with Gasteiger partial charge in [0.15, 0.2) is 0 Å². The first kappa shape index (κ1) is 13.1. The summed E-state index contributed by atoms with van der Waals surface area (Å²) in [5, 5.41) is 9.93. The third-order valence-corrected chi connectivity index (χ3v) is 3.44. The fraction of sp³-hybridized carbons (Fsp3) is 0.692. The lowest BCUT2D eigenvalue weighted by molar-refractivity contribution is -0.129. The highest BCUT2D eigenvalue weighted by Crippen LogP contribution is 2.26. The Morgan fingerprint density at radius 3 is 2.78 bits per heavy atom. The van der Waals surface area contributed by atoms with Crippen molar-refractivity contribution in [2.24, 2.45) is 5.92 Å². The third kappa shape index (κ3) is 2.56. The van der Waals surface area contributed by atoms with Crippen molar-refractivity contribution in [3.63, 3.8) is 0 Å². The van der Waals surface area contributed by atoms with Crippen molar-refractivity contribution < 1.29 is 4.79 Å². The fourth-order valence-electron chi connectivity index (χ4n) is 2.39. The Hall–Kier alpha value is -1.36. The average Bonchev–Trinajstić information content (AvgIpc) is 2.69. The molecule has 1 saturated heterocycles. The summed E-state index contributed by atoms with van der Waals surface area (Å²) in [6.07, 6.45) is 1.90. The van der Waals surface area contributed by atoms with Crippen LogP contribution in [0.2, 0.25) is 0 Å². The van der Waals surface area contributed by atoms with E-state index < -0.39 is 0 Å². The van der Waals surface area contributed by atoms with Crippen LogP contribution >= 0.6 is 0 Å². The van der Waals surface area contributed by atoms with E-state index in [1.54, 1.807) is 7.05 Å². The van der Waals surface area contributed by atoms with E-state index in [2.05, 4.69) is 41.2 Å². The van der Waals surface area contributed by atoms with E-state index in [0.717, 1.165) is 19.6 Å². The number of hydrogen-bond acceptors (Lipinski definition) is 3. The van der Waals surface area contributed by atoms with Crippen LogP contribution in [0.5, 0.6) is 0 Å². The van der Waals surface area contributed by atoms with Crippen LogP contribution in [0.15, 0.2) is 6.20 Å². The van der Waals surface area contributed by atoms with E-state index in [1.807, 2.05) is 6.20 Å². The number of carbonyl (C=O) groups is 1. The van der Waals surface area contributed by atoms with Crippen molar-refractivity contribution in [3.8, 4) is 0 Å². The van der Waals surface area contributed by atoms with Gasteiger partial charge in [0, 0.05) is 43.4 Å². The monoisotopic (exact) mass is 250 g/mol. The van der Waals surface area contributed by atoms with Gasteiger partial charge in [0.25, 0.3) is 0 Å². The van der Waals surface area contributed by atoms with Gasteiger partial charge in [-0.25, -0.2) is 0 Å². The molecule has 2 heterocycles. The van der Waals surface area contributed by atoms with Gasteiger partial charge in [0.2, 0.25) is 5.91 Å². The molecule has 100 valence electrons. The normalized spacial score (nSPS) is 17.6. The molecule has 0 unspecified atom stereocenters. The lowest BCUT2D eigenvalue weighted by Gasteiger charge is -2.38. The molecule has 2 rings (SSSR count). The van der Waals surface area contributed by atoms with E-state index in [1.165, 1.54) is 11.3 Å². The predicted molar refractivity (Wildman–Crippen MR) is 70.1 cm³/mol. The summed E-state index contributed by atoms with van der Waals surface area (Å²) in [4.78, 5) is 13.7. The molecule has 1 fully saturated rings. The second kappa shape index (κ2) is 4.72. The summed E-state index contributed by atoms with van der Waals surface area (Å²) in [5.41, 5.74) is 2.50. The molecular formula is C13H22N4O. The summed E-state index contributed by atoms with van der Waals surface area (Å²) in [6, 6.07) is 0. The molecule has 0 aliphatic carbocycles. The van der Waals surface area contributed by atoms with Crippen LogP contribution in [-0.2, 0) is 16.8 Å². The Labute approximate surface area is 108 Å². The number of aromatic nitrogens is 2. The smallest absolute Gasteiger partial charge is 0.225 e. The number of carbonyl (C=O) groups excluding carboxylic acids is 1. The fourth-order valence-corrected chi connectivity index (χ4v) is 2.39. The van der Waals surface area contributed by atoms with E-state index in [-0.39, 0.29) is 17.2 Å². The topological polar surface area (TPSA) is 61.0 Å². The second-order valence-corrected chi connectivity index (χ2v) is 6.03. The highest BCUT2D eigenvalue weighted by Gasteiger charge is 2.33. The number of nitrogens with zero attached hydrogens (tertiary/aromatic N) is 2. The van der Waals surface area contributed by atoms with E-state index in [4.69, 9.17) is 0 Å². The van der Waals surface area contributed by atoms with Crippen molar-refractivity contribution in [3.05, 3.63) is 17.5 Å². The first-order valence-corrected chi connectivity index (χ1v) is 6.38. The number of aromatic amines is 1. The van der Waals surface area contributed by atoms with Crippen LogP contribution in [0.3, 0.4) is 0 Å². The number of hydrogen-bond donors (Lipinski definition) is 2. The minimum Gasteiger partial charge on any atom is -0.359 e. The zero-order chi connectivity index (χ0) is 13.3. The maximum atomic E-state index is 11.4. The largest absolute Gasteiger partial charge is 0.359 e. The van der Waals surface area contributed by atoms with Crippen LogP contribution in [-0.4, -0.2) is 41.1 Å². The Morgan fingerprint density at radius 1 is 1.56 bits per heavy atom. The summed E-state index contributed by atoms with van der Waals surface area (Å²) >= 11 is 0. The lowest BCUT2D eigenvalue weighted by atomic mass is 9.89. The van der Waals surface area contributed by atoms with Crippen LogP contribution in [0.1, 0.15) is 32.0 Å². The summed E-state index contributed by atoms with van der Waals surface area (Å²) in [6.45, 7) is 9.08. The highest BCUT2D eigenvalue weighted by atomic mass is 16.1. The summed E-state index contributed by atoms with van der Waals surface area (Å²) < 4.78 is 0. The predicted octanol–water partition coefficient (Wildman–Crippen LogP) is 0.885. The first-order valence-electron chi connectivity index (χ1n) is 6.38. The van der Waals surface area contributed by atoms with Gasteiger partial charge in [0.05, 0.1) is 12.1 Å². The first-order chi connectivity index (χ1) is 8.41. The molecule has 0 saturated carbocycles. The molecule has 5 nitrogen and oxygen atoms in total. The molecule has 18 heavy (non-hydrogen) atoms. The number of H-pyrrole nitrogens is 1. The molecule has 0 aromatic carbocycles. The average molecular weight is 250 g/mol. The van der Waals surface area contributed by atoms with Gasteiger partial charge in [-0.15, -0.1) is 0 Å². The van der Waals surface area contributed by atoms with Gasteiger partial charge in [-0.3, -0.25) is 14.8 Å². The van der Waals surface area contributed by atoms with Crippen molar-refractivity contribution in [1.29, 1.82) is 0 Å². The maximum Gasteiger partial charge on any atom is 0.225 e. The van der Waals surface area contributed by atoms with E-state index >= 15 is 0 Å². The van der Waals surface area contributed by atoms with Crippen LogP contribution < -0.4 is 5.32 Å². The van der Waals surface area contributed by atoms with Crippen molar-refractivity contribution in [2.45, 2.75) is 32.7 Å². The van der Waals surface area contributed by atoms with Crippen molar-refractivity contribution in [2.75, 3.05) is 20.1 Å². The molecule has 0 atom stereocenters. The molecule has 0 radical (unpaired) electrons. The SMILES string of the molecule is CNC(=O)C1CN(Cc2cn[nH]c2C(C)(C)C)C1. The summed E-state index contributed by atoms with van der Waals surface area (Å²) in [5.74, 6) is 0.300. The quantitative estimate of drug-likeness (QED) is 0.837. The Morgan fingerprint density at radius 2 is 2.22 bits per heavy atom. The maximum absolute atomic E-state index is 11.4. The molecule has 1 aliphatic rings. The number of amides is 1. The molecule has 1 aromatic rings. The highest BCUT2D eigenvalue weighted by molar-refractivity contribution is 5.79. The molecule has 1 aromatic heterocycles. The van der Waals surface area contributed by atoms with Crippen LogP contribution in [0.25, 0.3) is 0 Å². The molecule has 1 aliphatic heterocycles. The van der Waals surface area contributed by atoms with Gasteiger partial charge in [-0.1, -0.05) is 20.8 Å². The van der Waals surface area contributed by atoms with Gasteiger partial charge < -0.3 is 5.32 Å². The molecule has 0 spiro atoms. The zero-order valence-electron chi connectivity index (χ0n) is 11.6. The molecule has 5 heteroatoms.